The Labute approximate surface area is 248 Å². The molecule has 230 valence electrons. The highest BCUT2D eigenvalue weighted by Crippen LogP contribution is 2.38. The third-order valence-electron chi connectivity index (χ3n) is 6.85. The molecular weight excluding hydrogens is 543 g/mol. The Kier molecular flexibility index (Phi) is 14.9. The zero-order valence-corrected chi connectivity index (χ0v) is 25.1. The number of allylic oxidation sites excluding steroid dienone is 1. The van der Waals surface area contributed by atoms with Crippen molar-refractivity contribution in [3.05, 3.63) is 71.3 Å². The van der Waals surface area contributed by atoms with E-state index in [1.165, 1.54) is 18.2 Å². The molecule has 0 amide bonds. The van der Waals surface area contributed by atoms with Crippen LogP contribution in [-0.2, 0) is 20.5 Å². The van der Waals surface area contributed by atoms with Crippen LogP contribution in [0.25, 0.3) is 11.6 Å². The van der Waals surface area contributed by atoms with Crippen LogP contribution in [0.1, 0.15) is 87.8 Å². The molecule has 0 saturated carbocycles. The molecule has 0 fully saturated rings. The van der Waals surface area contributed by atoms with E-state index < -0.39 is 11.7 Å². The van der Waals surface area contributed by atoms with E-state index >= 15 is 0 Å². The van der Waals surface area contributed by atoms with E-state index in [0.29, 0.717) is 30.6 Å². The summed E-state index contributed by atoms with van der Waals surface area (Å²) < 4.78 is 52.7. The maximum absolute atomic E-state index is 14.0. The molecule has 2 aromatic carbocycles. The Morgan fingerprint density at radius 2 is 1.45 bits per heavy atom. The summed E-state index contributed by atoms with van der Waals surface area (Å²) in [7, 11) is 3.67. The summed E-state index contributed by atoms with van der Waals surface area (Å²) in [5.74, 6) is -0.192. The van der Waals surface area contributed by atoms with Crippen LogP contribution in [0.5, 0.6) is 5.75 Å². The third kappa shape index (κ3) is 12.1. The molecular formula is C34H44F3NO4. The van der Waals surface area contributed by atoms with Gasteiger partial charge in [-0.15, -0.1) is 0 Å². The van der Waals surface area contributed by atoms with Crippen LogP contribution in [0.4, 0.5) is 18.9 Å². The molecule has 0 atom stereocenters. The SMILES string of the molecule is C=C(C)C(=O)OCCCCCCCCCCCCOc1ccc(/C(C=O)=C/c2ccccc2N(C)C)c(C(F)(F)F)c1. The molecule has 0 aliphatic carbocycles. The van der Waals surface area contributed by atoms with Gasteiger partial charge in [0.05, 0.1) is 18.8 Å². The maximum Gasteiger partial charge on any atom is 0.417 e. The summed E-state index contributed by atoms with van der Waals surface area (Å²) in [6.07, 6.45) is 7.64. The van der Waals surface area contributed by atoms with Crippen LogP contribution in [0.15, 0.2) is 54.6 Å². The predicted octanol–water partition coefficient (Wildman–Crippen LogP) is 8.91. The molecule has 0 unspecified atom stereocenters. The quantitative estimate of drug-likeness (QED) is 0.0540. The summed E-state index contributed by atoms with van der Waals surface area (Å²) in [6, 6.07) is 11.0. The number of carbonyl (C=O) groups is 2. The third-order valence-corrected chi connectivity index (χ3v) is 6.85. The van der Waals surface area contributed by atoms with Gasteiger partial charge in [-0.2, -0.15) is 13.2 Å². The number of para-hydroxylation sites is 1. The van der Waals surface area contributed by atoms with Crippen LogP contribution >= 0.6 is 0 Å². The van der Waals surface area contributed by atoms with Gasteiger partial charge in [0.15, 0.2) is 6.29 Å². The molecule has 2 aromatic rings. The first-order valence-electron chi connectivity index (χ1n) is 14.6. The van der Waals surface area contributed by atoms with E-state index in [0.717, 1.165) is 76.0 Å². The van der Waals surface area contributed by atoms with E-state index in [1.54, 1.807) is 19.1 Å². The molecule has 42 heavy (non-hydrogen) atoms. The summed E-state index contributed by atoms with van der Waals surface area (Å²) in [5.41, 5.74) is 0.746. The molecule has 0 aromatic heterocycles. The van der Waals surface area contributed by atoms with Gasteiger partial charge >= 0.3 is 12.1 Å². The highest BCUT2D eigenvalue weighted by atomic mass is 19.4. The Bertz CT molecular complexity index is 1190. The zero-order valence-electron chi connectivity index (χ0n) is 25.1. The van der Waals surface area contributed by atoms with E-state index in [2.05, 4.69) is 6.58 Å². The van der Waals surface area contributed by atoms with E-state index in [1.807, 2.05) is 31.1 Å². The minimum absolute atomic E-state index is 0.0488. The molecule has 0 saturated heterocycles. The van der Waals surface area contributed by atoms with Crippen molar-refractivity contribution in [2.45, 2.75) is 77.3 Å². The number of aldehydes is 1. The molecule has 0 aliphatic heterocycles. The van der Waals surface area contributed by atoms with E-state index in [9.17, 15) is 22.8 Å². The summed E-state index contributed by atoms with van der Waals surface area (Å²) in [5, 5.41) is 0. The van der Waals surface area contributed by atoms with Crippen molar-refractivity contribution in [2.24, 2.45) is 0 Å². The number of hydrogen-bond donors (Lipinski definition) is 0. The second kappa shape index (κ2) is 18.1. The number of carbonyl (C=O) groups excluding carboxylic acids is 2. The Balaban J connectivity index is 1.77. The molecule has 0 N–H and O–H groups in total. The normalized spacial score (nSPS) is 11.7. The summed E-state index contributed by atoms with van der Waals surface area (Å²) in [6.45, 7) is 5.97. The van der Waals surface area contributed by atoms with Crippen LogP contribution < -0.4 is 9.64 Å². The number of anilines is 1. The number of halogens is 3. The van der Waals surface area contributed by atoms with Gasteiger partial charge in [0.25, 0.3) is 0 Å². The van der Waals surface area contributed by atoms with Crippen LogP contribution in [0.3, 0.4) is 0 Å². The number of rotatable bonds is 19. The van der Waals surface area contributed by atoms with Crippen molar-refractivity contribution in [3.8, 4) is 5.75 Å². The lowest BCUT2D eigenvalue weighted by molar-refractivity contribution is -0.139. The Hall–Kier alpha value is -3.55. The number of nitrogens with zero attached hydrogens (tertiary/aromatic N) is 1. The summed E-state index contributed by atoms with van der Waals surface area (Å²) in [4.78, 5) is 25.0. The topological polar surface area (TPSA) is 55.8 Å². The van der Waals surface area contributed by atoms with Crippen molar-refractivity contribution in [1.82, 2.24) is 0 Å². The molecule has 2 rings (SSSR count). The minimum Gasteiger partial charge on any atom is -0.494 e. The van der Waals surface area contributed by atoms with Gasteiger partial charge in [-0.3, -0.25) is 4.79 Å². The molecule has 5 nitrogen and oxygen atoms in total. The zero-order chi connectivity index (χ0) is 31.0. The van der Waals surface area contributed by atoms with Gasteiger partial charge in [-0.25, -0.2) is 4.79 Å². The number of benzene rings is 2. The number of unbranched alkanes of at least 4 members (excludes halogenated alkanes) is 9. The molecule has 0 heterocycles. The van der Waals surface area contributed by atoms with Crippen LogP contribution in [0.2, 0.25) is 0 Å². The monoisotopic (exact) mass is 587 g/mol. The van der Waals surface area contributed by atoms with Crippen LogP contribution in [0, 0.1) is 0 Å². The minimum atomic E-state index is -4.64. The fraction of sp³-hybridized carbons (Fsp3) is 0.471. The molecule has 0 radical (unpaired) electrons. The lowest BCUT2D eigenvalue weighted by Gasteiger charge is -2.17. The van der Waals surface area contributed by atoms with Crippen molar-refractivity contribution in [1.29, 1.82) is 0 Å². The average Bonchev–Trinajstić information content (AvgIpc) is 2.95. The number of hydrogen-bond acceptors (Lipinski definition) is 5. The van der Waals surface area contributed by atoms with Crippen molar-refractivity contribution >= 4 is 29.6 Å². The van der Waals surface area contributed by atoms with E-state index in [-0.39, 0.29) is 22.9 Å². The highest BCUT2D eigenvalue weighted by molar-refractivity contribution is 6.14. The van der Waals surface area contributed by atoms with Gasteiger partial charge in [0.1, 0.15) is 5.75 Å². The fourth-order valence-corrected chi connectivity index (χ4v) is 4.56. The molecule has 8 heteroatoms. The van der Waals surface area contributed by atoms with Gasteiger partial charge in [-0.05, 0) is 61.2 Å². The lowest BCUT2D eigenvalue weighted by Crippen LogP contribution is -2.11. The first-order chi connectivity index (χ1) is 20.0. The average molecular weight is 588 g/mol. The second-order valence-corrected chi connectivity index (χ2v) is 10.7. The van der Waals surface area contributed by atoms with Crippen molar-refractivity contribution in [2.75, 3.05) is 32.2 Å². The number of alkyl halides is 3. The Morgan fingerprint density at radius 1 is 0.881 bits per heavy atom. The largest absolute Gasteiger partial charge is 0.494 e. The van der Waals surface area contributed by atoms with Crippen LogP contribution in [-0.4, -0.2) is 39.6 Å². The first-order valence-corrected chi connectivity index (χ1v) is 14.6. The van der Waals surface area contributed by atoms with Gasteiger partial charge < -0.3 is 14.4 Å². The van der Waals surface area contributed by atoms with Gasteiger partial charge in [0, 0.05) is 30.9 Å². The van der Waals surface area contributed by atoms with Gasteiger partial charge in [-0.1, -0.05) is 76.1 Å². The highest BCUT2D eigenvalue weighted by Gasteiger charge is 2.34. The standard InChI is InChI=1S/C34H44F3NO4/c1-26(2)33(40)42-22-16-12-10-8-6-5-7-9-11-15-21-41-29-19-20-30(31(24-29)34(35,36)37)28(25-39)23-27-17-13-14-18-32(27)38(3)4/h13-14,17-20,23-25H,1,5-12,15-16,21-22H2,2-4H3/b28-23+. The van der Waals surface area contributed by atoms with Crippen molar-refractivity contribution < 1.29 is 32.2 Å². The number of ether oxygens (including phenoxy) is 2. The molecule has 0 aliphatic rings. The fourth-order valence-electron chi connectivity index (χ4n) is 4.56. The second-order valence-electron chi connectivity index (χ2n) is 10.7. The van der Waals surface area contributed by atoms with E-state index in [4.69, 9.17) is 9.47 Å². The maximum atomic E-state index is 14.0. The predicted molar refractivity (Wildman–Crippen MR) is 164 cm³/mol. The first kappa shape index (κ1) is 34.7. The lowest BCUT2D eigenvalue weighted by atomic mass is 9.97. The smallest absolute Gasteiger partial charge is 0.417 e. The Morgan fingerprint density at radius 3 is 2.00 bits per heavy atom. The molecule has 0 bridgehead atoms. The van der Waals surface area contributed by atoms with Crippen molar-refractivity contribution in [3.63, 3.8) is 0 Å². The number of esters is 1. The molecule has 0 spiro atoms. The van der Waals surface area contributed by atoms with Gasteiger partial charge in [0.2, 0.25) is 0 Å². The summed E-state index contributed by atoms with van der Waals surface area (Å²) >= 11 is 0.